The zero-order chi connectivity index (χ0) is 13.9. The first kappa shape index (κ1) is 13.8. The van der Waals surface area contributed by atoms with Gasteiger partial charge in [-0.25, -0.2) is 4.79 Å². The molecule has 0 bridgehead atoms. The summed E-state index contributed by atoms with van der Waals surface area (Å²) in [5, 5.41) is 10.6. The van der Waals surface area contributed by atoms with Crippen LogP contribution in [-0.2, 0) is 11.0 Å². The van der Waals surface area contributed by atoms with E-state index in [9.17, 15) is 22.8 Å². The molecule has 0 saturated heterocycles. The fourth-order valence-electron chi connectivity index (χ4n) is 1.20. The van der Waals surface area contributed by atoms with Crippen LogP contribution in [0.5, 0.6) is 0 Å². The number of amides is 1. The topological polar surface area (TPSA) is 66.4 Å². The molecule has 7 heteroatoms. The summed E-state index contributed by atoms with van der Waals surface area (Å²) in [5.74, 6) is -2.30. The van der Waals surface area contributed by atoms with Gasteiger partial charge in [-0.2, -0.15) is 13.2 Å². The van der Waals surface area contributed by atoms with E-state index in [0.29, 0.717) is 6.07 Å². The number of alkyl halides is 3. The van der Waals surface area contributed by atoms with Crippen LogP contribution in [-0.4, -0.2) is 17.0 Å². The monoisotopic (exact) mass is 259 g/mol. The van der Waals surface area contributed by atoms with E-state index in [0.717, 1.165) is 18.2 Å². The second kappa shape index (κ2) is 4.91. The Hall–Kier alpha value is -2.31. The van der Waals surface area contributed by atoms with Gasteiger partial charge < -0.3 is 10.4 Å². The zero-order valence-electron chi connectivity index (χ0n) is 8.91. The number of carbonyl (C=O) groups excluding carboxylic acids is 1. The van der Waals surface area contributed by atoms with Gasteiger partial charge in [-0.1, -0.05) is 6.58 Å². The molecular formula is C11H8F3NO3. The number of carbonyl (C=O) groups is 2. The fourth-order valence-corrected chi connectivity index (χ4v) is 1.20. The lowest BCUT2D eigenvalue weighted by molar-refractivity contribution is -0.137. The highest BCUT2D eigenvalue weighted by Crippen LogP contribution is 2.35. The van der Waals surface area contributed by atoms with Gasteiger partial charge in [0.2, 0.25) is 5.91 Å². The average molecular weight is 259 g/mol. The lowest BCUT2D eigenvalue weighted by atomic mass is 10.1. The molecule has 2 N–H and O–H groups in total. The second-order valence-corrected chi connectivity index (χ2v) is 3.26. The van der Waals surface area contributed by atoms with E-state index in [4.69, 9.17) is 5.11 Å². The van der Waals surface area contributed by atoms with Crippen LogP contribution in [0.3, 0.4) is 0 Å². The van der Waals surface area contributed by atoms with Crippen molar-refractivity contribution < 1.29 is 27.9 Å². The van der Waals surface area contributed by atoms with Gasteiger partial charge >= 0.3 is 12.1 Å². The van der Waals surface area contributed by atoms with Crippen LogP contribution in [0.15, 0.2) is 30.9 Å². The summed E-state index contributed by atoms with van der Waals surface area (Å²) in [7, 11) is 0. The Kier molecular flexibility index (Phi) is 3.75. The van der Waals surface area contributed by atoms with Crippen LogP contribution in [0.25, 0.3) is 0 Å². The molecule has 0 spiro atoms. The van der Waals surface area contributed by atoms with Crippen molar-refractivity contribution in [2.24, 2.45) is 0 Å². The summed E-state index contributed by atoms with van der Waals surface area (Å²) in [4.78, 5) is 21.6. The number of carboxylic acids is 1. The molecule has 1 aromatic carbocycles. The quantitative estimate of drug-likeness (QED) is 0.819. The number of hydrogen-bond donors (Lipinski definition) is 2. The third kappa shape index (κ3) is 3.09. The maximum atomic E-state index is 12.7. The van der Waals surface area contributed by atoms with Crippen LogP contribution in [0.2, 0.25) is 0 Å². The Labute approximate surface area is 99.7 Å². The fraction of sp³-hybridized carbons (Fsp3) is 0.0909. The molecule has 0 aliphatic rings. The lowest BCUT2D eigenvalue weighted by Crippen LogP contribution is -2.15. The van der Waals surface area contributed by atoms with E-state index in [-0.39, 0.29) is 0 Å². The minimum absolute atomic E-state index is 0.459. The van der Waals surface area contributed by atoms with E-state index in [1.807, 2.05) is 5.32 Å². The average Bonchev–Trinajstić information content (AvgIpc) is 2.27. The van der Waals surface area contributed by atoms with E-state index in [2.05, 4.69) is 6.58 Å². The third-order valence-corrected chi connectivity index (χ3v) is 2.02. The van der Waals surface area contributed by atoms with Crippen molar-refractivity contribution in [1.29, 1.82) is 0 Å². The Morgan fingerprint density at radius 1 is 1.33 bits per heavy atom. The maximum absolute atomic E-state index is 12.7. The number of halogens is 3. The Morgan fingerprint density at radius 2 is 1.94 bits per heavy atom. The maximum Gasteiger partial charge on any atom is 0.418 e. The first-order valence-electron chi connectivity index (χ1n) is 4.63. The van der Waals surface area contributed by atoms with Gasteiger partial charge in [0.05, 0.1) is 16.8 Å². The smallest absolute Gasteiger partial charge is 0.418 e. The highest BCUT2D eigenvalue weighted by Gasteiger charge is 2.34. The molecule has 0 radical (unpaired) electrons. The number of nitrogens with one attached hydrogen (secondary N) is 1. The number of hydrogen-bond acceptors (Lipinski definition) is 2. The van der Waals surface area contributed by atoms with Gasteiger partial charge in [0.1, 0.15) is 0 Å². The number of anilines is 1. The molecule has 0 aliphatic carbocycles. The summed E-state index contributed by atoms with van der Waals surface area (Å²) in [6, 6.07) is 2.31. The molecule has 0 fully saturated rings. The van der Waals surface area contributed by atoms with Gasteiger partial charge in [-0.15, -0.1) is 0 Å². The predicted molar refractivity (Wildman–Crippen MR) is 57.2 cm³/mol. The normalized spacial score (nSPS) is 10.8. The summed E-state index contributed by atoms with van der Waals surface area (Å²) >= 11 is 0. The summed E-state index contributed by atoms with van der Waals surface area (Å²) in [6.45, 7) is 3.11. The van der Waals surface area contributed by atoms with Crippen LogP contribution in [0, 0.1) is 0 Å². The summed E-state index contributed by atoms with van der Waals surface area (Å²) < 4.78 is 38.0. The molecule has 0 heterocycles. The Morgan fingerprint density at radius 3 is 2.39 bits per heavy atom. The molecule has 96 valence electrons. The molecule has 0 unspecified atom stereocenters. The first-order chi connectivity index (χ1) is 8.25. The van der Waals surface area contributed by atoms with E-state index in [1.54, 1.807) is 0 Å². The van der Waals surface area contributed by atoms with Crippen molar-refractivity contribution in [3.05, 3.63) is 42.0 Å². The first-order valence-corrected chi connectivity index (χ1v) is 4.63. The van der Waals surface area contributed by atoms with Crippen molar-refractivity contribution in [2.45, 2.75) is 6.18 Å². The van der Waals surface area contributed by atoms with E-state index < -0.39 is 34.9 Å². The van der Waals surface area contributed by atoms with Gasteiger partial charge in [0, 0.05) is 0 Å². The van der Waals surface area contributed by atoms with Crippen molar-refractivity contribution in [2.75, 3.05) is 5.32 Å². The summed E-state index contributed by atoms with van der Waals surface area (Å²) in [6.07, 6.45) is -3.96. The molecule has 4 nitrogen and oxygen atoms in total. The number of benzene rings is 1. The molecular weight excluding hydrogens is 251 g/mol. The SMILES string of the molecule is C=CC(=O)Nc1ccc(C(=O)O)cc1C(F)(F)F. The number of carboxylic acid groups (broad SMARTS) is 1. The molecule has 0 aliphatic heterocycles. The Balaban J connectivity index is 3.30. The molecule has 1 amide bonds. The van der Waals surface area contributed by atoms with Gasteiger partial charge in [-0.05, 0) is 24.3 Å². The molecule has 1 aromatic rings. The molecule has 0 saturated carbocycles. The largest absolute Gasteiger partial charge is 0.478 e. The van der Waals surface area contributed by atoms with E-state index in [1.165, 1.54) is 0 Å². The van der Waals surface area contributed by atoms with Crippen molar-refractivity contribution in [1.82, 2.24) is 0 Å². The number of rotatable bonds is 3. The highest BCUT2D eigenvalue weighted by molar-refractivity contribution is 6.00. The van der Waals surface area contributed by atoms with Gasteiger partial charge in [-0.3, -0.25) is 4.79 Å². The third-order valence-electron chi connectivity index (χ3n) is 2.02. The van der Waals surface area contributed by atoms with Crippen molar-refractivity contribution in [3.8, 4) is 0 Å². The molecule has 0 aromatic heterocycles. The second-order valence-electron chi connectivity index (χ2n) is 3.26. The lowest BCUT2D eigenvalue weighted by Gasteiger charge is -2.13. The van der Waals surface area contributed by atoms with Crippen LogP contribution < -0.4 is 5.32 Å². The predicted octanol–water partition coefficient (Wildman–Crippen LogP) is 2.53. The van der Waals surface area contributed by atoms with Crippen LogP contribution in [0.4, 0.5) is 18.9 Å². The van der Waals surface area contributed by atoms with Gasteiger partial charge in [0.25, 0.3) is 0 Å². The molecule has 1 rings (SSSR count). The molecule has 18 heavy (non-hydrogen) atoms. The molecule has 0 atom stereocenters. The van der Waals surface area contributed by atoms with Crippen molar-refractivity contribution in [3.63, 3.8) is 0 Å². The zero-order valence-corrected chi connectivity index (χ0v) is 8.91. The minimum Gasteiger partial charge on any atom is -0.478 e. The summed E-state index contributed by atoms with van der Waals surface area (Å²) in [5.41, 5.74) is -2.26. The standard InChI is InChI=1S/C11H8F3NO3/c1-2-9(16)15-8-4-3-6(10(17)18)5-7(8)11(12,13)14/h2-5H,1H2,(H,15,16)(H,17,18). The van der Waals surface area contributed by atoms with Crippen LogP contribution in [0.1, 0.15) is 15.9 Å². The van der Waals surface area contributed by atoms with Crippen molar-refractivity contribution >= 4 is 17.6 Å². The van der Waals surface area contributed by atoms with E-state index >= 15 is 0 Å². The van der Waals surface area contributed by atoms with Gasteiger partial charge in [0.15, 0.2) is 0 Å². The Bertz CT molecular complexity index is 509. The minimum atomic E-state index is -4.77. The van der Waals surface area contributed by atoms with Crippen LogP contribution >= 0.6 is 0 Å². The highest BCUT2D eigenvalue weighted by atomic mass is 19.4. The number of aromatic carboxylic acids is 1.